The fourth-order valence-corrected chi connectivity index (χ4v) is 0.253. The smallest absolute Gasteiger partial charge is 0.303 e. The Balaban J connectivity index is 0. The fraction of sp³-hybridized carbons (Fsp3) is 0.889. The summed E-state index contributed by atoms with van der Waals surface area (Å²) < 4.78 is 0. The average Bonchev–Trinajstić information content (AvgIpc) is 2.02. The molecule has 3 heteroatoms. The topological polar surface area (TPSA) is 63.3 Å². The van der Waals surface area contributed by atoms with E-state index in [1.807, 2.05) is 0 Å². The lowest BCUT2D eigenvalue weighted by Crippen LogP contribution is -2.02. The molecule has 0 bridgehead atoms. The van der Waals surface area contributed by atoms with E-state index in [1.54, 1.807) is 0 Å². The molecular weight excluding hydrogens is 154 g/mol. The highest BCUT2D eigenvalue weighted by molar-refractivity contribution is 5.66. The van der Waals surface area contributed by atoms with Gasteiger partial charge in [0.1, 0.15) is 0 Å². The molecule has 3 N–H and O–H groups in total. The first-order valence-electron chi connectivity index (χ1n) is 4.46. The van der Waals surface area contributed by atoms with Crippen molar-refractivity contribution < 1.29 is 9.90 Å². The van der Waals surface area contributed by atoms with Crippen molar-refractivity contribution in [3.05, 3.63) is 0 Å². The number of carboxylic acid groups (broad SMARTS) is 1. The zero-order valence-corrected chi connectivity index (χ0v) is 8.34. The van der Waals surface area contributed by atoms with Crippen molar-refractivity contribution >= 4 is 5.97 Å². The molecule has 0 aliphatic rings. The molecule has 0 aromatic carbocycles. The molecule has 0 aliphatic heterocycles. The Morgan fingerprint density at radius 1 is 1.50 bits per heavy atom. The minimum absolute atomic E-state index is 0.191. The van der Waals surface area contributed by atoms with Crippen LogP contribution in [0.5, 0.6) is 0 Å². The van der Waals surface area contributed by atoms with Gasteiger partial charge < -0.3 is 10.8 Å². The van der Waals surface area contributed by atoms with Gasteiger partial charge in [-0.05, 0) is 18.9 Å². The molecule has 3 nitrogen and oxygen atoms in total. The van der Waals surface area contributed by atoms with Crippen molar-refractivity contribution in [3.8, 4) is 0 Å². The summed E-state index contributed by atoms with van der Waals surface area (Å²) in [5.74, 6) is 0.112. The number of nitrogens with two attached hydrogens (primary N) is 1. The molecule has 12 heavy (non-hydrogen) atoms. The molecule has 0 aromatic rings. The second-order valence-electron chi connectivity index (χ2n) is 3.09. The van der Waals surface area contributed by atoms with Gasteiger partial charge in [-0.3, -0.25) is 4.79 Å². The van der Waals surface area contributed by atoms with E-state index in [-0.39, 0.29) is 6.42 Å². The highest BCUT2D eigenvalue weighted by Crippen LogP contribution is 1.93. The number of carbonyl (C=O) groups is 1. The van der Waals surface area contributed by atoms with E-state index in [2.05, 4.69) is 20.8 Å². The molecule has 74 valence electrons. The molecule has 0 spiro atoms. The summed E-state index contributed by atoms with van der Waals surface area (Å²) in [5.41, 5.74) is 5.01. The first-order chi connectivity index (χ1) is 5.54. The molecule has 0 radical (unpaired) electrons. The molecule has 0 atom stereocenters. The Morgan fingerprint density at radius 3 is 2.00 bits per heavy atom. The van der Waals surface area contributed by atoms with Crippen LogP contribution < -0.4 is 5.73 Å². The monoisotopic (exact) mass is 175 g/mol. The molecule has 0 saturated carbocycles. The van der Waals surface area contributed by atoms with Gasteiger partial charge in [0.2, 0.25) is 0 Å². The second kappa shape index (κ2) is 10.4. The first kappa shape index (κ1) is 14.0. The maximum Gasteiger partial charge on any atom is 0.303 e. The third-order valence-electron chi connectivity index (χ3n) is 1.41. The minimum atomic E-state index is -0.773. The van der Waals surface area contributed by atoms with Crippen LogP contribution in [0.15, 0.2) is 0 Å². The first-order valence-corrected chi connectivity index (χ1v) is 4.46. The summed E-state index contributed by atoms with van der Waals surface area (Å²) in [6.45, 7) is 7.11. The minimum Gasteiger partial charge on any atom is -0.481 e. The predicted octanol–water partition coefficient (Wildman–Crippen LogP) is 1.86. The molecule has 0 aromatic heterocycles. The van der Waals surface area contributed by atoms with Gasteiger partial charge in [-0.25, -0.2) is 0 Å². The van der Waals surface area contributed by atoms with Crippen LogP contribution in [0.4, 0.5) is 0 Å². The van der Waals surface area contributed by atoms with Gasteiger partial charge in [0.25, 0.3) is 0 Å². The van der Waals surface area contributed by atoms with Gasteiger partial charge in [0.15, 0.2) is 0 Å². The normalized spacial score (nSPS) is 9.08. The van der Waals surface area contributed by atoms with Gasteiger partial charge >= 0.3 is 5.97 Å². The largest absolute Gasteiger partial charge is 0.481 e. The van der Waals surface area contributed by atoms with E-state index in [4.69, 9.17) is 10.8 Å². The summed E-state index contributed by atoms with van der Waals surface area (Å²) in [5, 5.41) is 7.99. The van der Waals surface area contributed by atoms with E-state index in [9.17, 15) is 4.79 Å². The maximum absolute atomic E-state index is 9.70. The van der Waals surface area contributed by atoms with Crippen LogP contribution in [-0.4, -0.2) is 17.6 Å². The Kier molecular flexibility index (Phi) is 12.2. The van der Waals surface area contributed by atoms with E-state index in [0.717, 1.165) is 5.92 Å². The lowest BCUT2D eigenvalue weighted by molar-refractivity contribution is -0.137. The van der Waals surface area contributed by atoms with Crippen molar-refractivity contribution in [1.29, 1.82) is 0 Å². The lowest BCUT2D eigenvalue weighted by atomic mass is 10.2. The number of aliphatic carboxylic acids is 1. The molecule has 0 saturated heterocycles. The standard InChI is InChI=1S/C5H12.C4H9NO2/c1-4-5(2)3;5-3-1-2-4(6)7/h5H,4H2,1-3H3;1-3,5H2,(H,6,7). The number of hydrogen-bond donors (Lipinski definition) is 2. The maximum atomic E-state index is 9.70. The number of carboxylic acids is 1. The zero-order chi connectivity index (χ0) is 9.98. The Hall–Kier alpha value is -0.570. The SMILES string of the molecule is CCC(C)C.NCCCC(=O)O. The lowest BCUT2D eigenvalue weighted by Gasteiger charge is -1.90. The molecule has 0 amide bonds. The summed E-state index contributed by atoms with van der Waals surface area (Å²) in [6.07, 6.45) is 2.08. The van der Waals surface area contributed by atoms with Gasteiger partial charge in [0, 0.05) is 6.42 Å². The van der Waals surface area contributed by atoms with Crippen LogP contribution in [0.2, 0.25) is 0 Å². The second-order valence-corrected chi connectivity index (χ2v) is 3.09. The van der Waals surface area contributed by atoms with E-state index < -0.39 is 5.97 Å². The summed E-state index contributed by atoms with van der Waals surface area (Å²) in [4.78, 5) is 9.70. The number of hydrogen-bond acceptors (Lipinski definition) is 2. The van der Waals surface area contributed by atoms with Crippen molar-refractivity contribution in [1.82, 2.24) is 0 Å². The quantitative estimate of drug-likeness (QED) is 0.685. The van der Waals surface area contributed by atoms with Crippen LogP contribution in [0.25, 0.3) is 0 Å². The van der Waals surface area contributed by atoms with Gasteiger partial charge in [-0.15, -0.1) is 0 Å². The molecule has 0 aliphatic carbocycles. The van der Waals surface area contributed by atoms with Gasteiger partial charge in [0.05, 0.1) is 0 Å². The average molecular weight is 175 g/mol. The van der Waals surface area contributed by atoms with Crippen molar-refractivity contribution in [2.24, 2.45) is 11.7 Å². The van der Waals surface area contributed by atoms with Crippen molar-refractivity contribution in [3.63, 3.8) is 0 Å². The molecular formula is C9H21NO2. The van der Waals surface area contributed by atoms with Crippen LogP contribution in [0.3, 0.4) is 0 Å². The summed E-state index contributed by atoms with van der Waals surface area (Å²) >= 11 is 0. The van der Waals surface area contributed by atoms with Gasteiger partial charge in [-0.2, -0.15) is 0 Å². The highest BCUT2D eigenvalue weighted by atomic mass is 16.4. The van der Waals surface area contributed by atoms with Crippen LogP contribution in [-0.2, 0) is 4.79 Å². The van der Waals surface area contributed by atoms with E-state index in [0.29, 0.717) is 13.0 Å². The van der Waals surface area contributed by atoms with E-state index >= 15 is 0 Å². The Morgan fingerprint density at radius 2 is 1.92 bits per heavy atom. The molecule has 0 heterocycles. The van der Waals surface area contributed by atoms with Crippen LogP contribution >= 0.6 is 0 Å². The van der Waals surface area contributed by atoms with Crippen LogP contribution in [0.1, 0.15) is 40.0 Å². The summed E-state index contributed by atoms with van der Waals surface area (Å²) in [6, 6.07) is 0. The van der Waals surface area contributed by atoms with Crippen molar-refractivity contribution in [2.75, 3.05) is 6.54 Å². The summed E-state index contributed by atoms with van der Waals surface area (Å²) in [7, 11) is 0. The molecule has 0 unspecified atom stereocenters. The third-order valence-corrected chi connectivity index (χ3v) is 1.41. The number of rotatable bonds is 4. The third kappa shape index (κ3) is 22.7. The van der Waals surface area contributed by atoms with E-state index in [1.165, 1.54) is 6.42 Å². The molecule has 0 fully saturated rings. The van der Waals surface area contributed by atoms with Crippen LogP contribution in [0, 0.1) is 5.92 Å². The fourth-order valence-electron chi connectivity index (χ4n) is 0.253. The highest BCUT2D eigenvalue weighted by Gasteiger charge is 1.91. The molecule has 0 rings (SSSR count). The Labute approximate surface area is 75.0 Å². The van der Waals surface area contributed by atoms with Crippen molar-refractivity contribution in [2.45, 2.75) is 40.0 Å². The Bertz CT molecular complexity index is 103. The van der Waals surface area contributed by atoms with Gasteiger partial charge in [-0.1, -0.05) is 27.2 Å². The predicted molar refractivity (Wildman–Crippen MR) is 51.1 cm³/mol. The zero-order valence-electron chi connectivity index (χ0n) is 8.34.